The zero-order valence-electron chi connectivity index (χ0n) is 39.1. The third-order valence-electron chi connectivity index (χ3n) is 10.4. The number of benzene rings is 6. The molecule has 0 amide bonds. The highest BCUT2D eigenvalue weighted by atomic mass is 16.5. The number of methoxy groups -OCH3 is 2. The molecule has 0 aromatic heterocycles. The molecule has 4 heteroatoms. The van der Waals surface area contributed by atoms with E-state index in [1.165, 1.54) is 5.56 Å². The summed E-state index contributed by atoms with van der Waals surface area (Å²) >= 11 is 0. The quantitative estimate of drug-likeness (QED) is 0.153. The van der Waals surface area contributed by atoms with E-state index >= 15 is 0 Å². The minimum atomic E-state index is -0.130. The van der Waals surface area contributed by atoms with Gasteiger partial charge in [0.1, 0.15) is 23.0 Å². The molecular formula is C56H72O4. The standard InChI is InChI=1S/C42H54O4.2C6H6.C2H6/c1-13-28-14-25(2)15-29(37(28)43)19-30-22-36(42(8,9)10)23-31(38(30)44)20-32-16-26(3)17-33(40(32)46-12)21-34-24-35(41(5,6)7)18-27(4)39(34)45-11;2*1-2-4-6-5-3-1;1-2/h14-18,22-24,43-44H,13,19-21H2,1-12H3;2*1-6H;1-2H3. The van der Waals surface area contributed by atoms with Gasteiger partial charge in [0.25, 0.3) is 0 Å². The van der Waals surface area contributed by atoms with Crippen molar-refractivity contribution in [3.8, 4) is 23.0 Å². The number of aromatic hydroxyl groups is 2. The van der Waals surface area contributed by atoms with Crippen molar-refractivity contribution in [3.05, 3.63) is 188 Å². The van der Waals surface area contributed by atoms with Gasteiger partial charge in [0, 0.05) is 19.3 Å². The van der Waals surface area contributed by atoms with E-state index in [0.717, 1.165) is 79.1 Å². The molecule has 0 aliphatic carbocycles. The van der Waals surface area contributed by atoms with Gasteiger partial charge in [0.15, 0.2) is 0 Å². The molecule has 4 nitrogen and oxygen atoms in total. The van der Waals surface area contributed by atoms with E-state index in [9.17, 15) is 10.2 Å². The predicted octanol–water partition coefficient (Wildman–Crippen LogP) is 14.4. The van der Waals surface area contributed by atoms with Crippen molar-refractivity contribution >= 4 is 0 Å². The van der Waals surface area contributed by atoms with E-state index in [-0.39, 0.29) is 16.6 Å². The van der Waals surface area contributed by atoms with Crippen molar-refractivity contribution in [2.24, 2.45) is 0 Å². The Bertz CT molecular complexity index is 2140. The molecule has 320 valence electrons. The average Bonchev–Trinajstić information content (AvgIpc) is 3.22. The summed E-state index contributed by atoms with van der Waals surface area (Å²) in [5, 5.41) is 22.9. The lowest BCUT2D eigenvalue weighted by molar-refractivity contribution is 0.400. The summed E-state index contributed by atoms with van der Waals surface area (Å²) in [7, 11) is 3.47. The average molecular weight is 809 g/mol. The zero-order chi connectivity index (χ0) is 44.6. The Morgan fingerprint density at radius 1 is 0.417 bits per heavy atom. The minimum absolute atomic E-state index is 0.00822. The smallest absolute Gasteiger partial charge is 0.125 e. The van der Waals surface area contributed by atoms with Gasteiger partial charge in [-0.1, -0.05) is 195 Å². The Balaban J connectivity index is 0.000000580. The molecule has 0 saturated heterocycles. The molecular weight excluding hydrogens is 737 g/mol. The lowest BCUT2D eigenvalue weighted by Crippen LogP contribution is -2.13. The summed E-state index contributed by atoms with van der Waals surface area (Å²) in [5.41, 5.74) is 12.3. The third kappa shape index (κ3) is 13.8. The van der Waals surface area contributed by atoms with E-state index in [0.29, 0.717) is 25.0 Å². The van der Waals surface area contributed by atoms with E-state index in [4.69, 9.17) is 9.47 Å². The summed E-state index contributed by atoms with van der Waals surface area (Å²) < 4.78 is 12.0. The van der Waals surface area contributed by atoms with Gasteiger partial charge in [-0.2, -0.15) is 0 Å². The van der Waals surface area contributed by atoms with Crippen LogP contribution in [0.4, 0.5) is 0 Å². The lowest BCUT2D eigenvalue weighted by atomic mass is 9.82. The van der Waals surface area contributed by atoms with Crippen molar-refractivity contribution < 1.29 is 19.7 Å². The van der Waals surface area contributed by atoms with Gasteiger partial charge in [-0.25, -0.2) is 0 Å². The van der Waals surface area contributed by atoms with Gasteiger partial charge in [0.2, 0.25) is 0 Å². The normalized spacial score (nSPS) is 10.9. The van der Waals surface area contributed by atoms with Crippen LogP contribution >= 0.6 is 0 Å². The van der Waals surface area contributed by atoms with Crippen molar-refractivity contribution in [2.45, 2.75) is 120 Å². The van der Waals surface area contributed by atoms with Crippen LogP contribution in [0.3, 0.4) is 0 Å². The number of hydrogen-bond acceptors (Lipinski definition) is 4. The van der Waals surface area contributed by atoms with Gasteiger partial charge in [0.05, 0.1) is 14.2 Å². The van der Waals surface area contributed by atoms with E-state index < -0.39 is 0 Å². The highest BCUT2D eigenvalue weighted by Gasteiger charge is 2.23. The molecule has 6 aromatic rings. The molecule has 0 unspecified atom stereocenters. The summed E-state index contributed by atoms with van der Waals surface area (Å²) in [6.45, 7) is 25.6. The van der Waals surface area contributed by atoms with Gasteiger partial charge in [-0.05, 0) is 93.7 Å². The number of hydrogen-bond donors (Lipinski definition) is 2. The van der Waals surface area contributed by atoms with E-state index in [2.05, 4.69) is 106 Å². The third-order valence-corrected chi connectivity index (χ3v) is 10.4. The molecule has 0 spiro atoms. The maximum atomic E-state index is 11.8. The fourth-order valence-electron chi connectivity index (χ4n) is 7.34. The van der Waals surface area contributed by atoms with Gasteiger partial charge < -0.3 is 19.7 Å². The van der Waals surface area contributed by atoms with Crippen LogP contribution in [0.1, 0.15) is 129 Å². The van der Waals surface area contributed by atoms with Crippen molar-refractivity contribution in [1.82, 2.24) is 0 Å². The molecule has 2 N–H and O–H groups in total. The molecule has 0 radical (unpaired) electrons. The van der Waals surface area contributed by atoms with Crippen LogP contribution in [0.5, 0.6) is 23.0 Å². The Kier molecular flexibility index (Phi) is 18.6. The molecule has 6 aromatic carbocycles. The van der Waals surface area contributed by atoms with Crippen molar-refractivity contribution in [2.75, 3.05) is 14.2 Å². The molecule has 0 atom stereocenters. The van der Waals surface area contributed by atoms with Crippen molar-refractivity contribution in [3.63, 3.8) is 0 Å². The highest BCUT2D eigenvalue weighted by Crippen LogP contribution is 2.40. The Morgan fingerprint density at radius 3 is 1.08 bits per heavy atom. The van der Waals surface area contributed by atoms with Crippen LogP contribution in [0.15, 0.2) is 121 Å². The first-order valence-electron chi connectivity index (χ1n) is 21.5. The van der Waals surface area contributed by atoms with Gasteiger partial charge in [-0.15, -0.1) is 0 Å². The van der Waals surface area contributed by atoms with E-state index in [1.807, 2.05) is 98.8 Å². The van der Waals surface area contributed by atoms with Crippen LogP contribution in [-0.4, -0.2) is 24.4 Å². The molecule has 0 saturated carbocycles. The monoisotopic (exact) mass is 809 g/mol. The van der Waals surface area contributed by atoms with Crippen LogP contribution in [0, 0.1) is 20.8 Å². The molecule has 0 bridgehead atoms. The highest BCUT2D eigenvalue weighted by molar-refractivity contribution is 5.56. The number of rotatable bonds is 9. The zero-order valence-corrected chi connectivity index (χ0v) is 39.1. The first-order chi connectivity index (χ1) is 28.5. The van der Waals surface area contributed by atoms with E-state index in [1.54, 1.807) is 14.2 Å². The number of phenolic OH excluding ortho intramolecular Hbond substituents is 2. The fraction of sp³-hybridized carbons (Fsp3) is 0.357. The van der Waals surface area contributed by atoms with Crippen LogP contribution < -0.4 is 9.47 Å². The Labute approximate surface area is 363 Å². The van der Waals surface area contributed by atoms with Crippen LogP contribution in [0.25, 0.3) is 0 Å². The Hall–Kier alpha value is -5.48. The molecule has 0 aliphatic heterocycles. The maximum absolute atomic E-state index is 11.8. The van der Waals surface area contributed by atoms with Gasteiger partial charge >= 0.3 is 0 Å². The SMILES string of the molecule is CC.CCc1cc(C)cc(Cc2cc(C(C)(C)C)cc(Cc3cc(C)cc(Cc4cc(C(C)(C)C)cc(C)c4OC)c3OC)c2O)c1O.c1ccccc1.c1ccccc1. The molecule has 60 heavy (non-hydrogen) atoms. The van der Waals surface area contributed by atoms with Crippen LogP contribution in [-0.2, 0) is 36.5 Å². The summed E-state index contributed by atoms with van der Waals surface area (Å²) in [4.78, 5) is 0. The Morgan fingerprint density at radius 2 is 0.700 bits per heavy atom. The summed E-state index contributed by atoms with van der Waals surface area (Å²) in [6, 6.07) is 41.1. The van der Waals surface area contributed by atoms with Crippen molar-refractivity contribution in [1.29, 1.82) is 0 Å². The van der Waals surface area contributed by atoms with Gasteiger partial charge in [-0.3, -0.25) is 0 Å². The number of ether oxygens (including phenoxy) is 2. The first-order valence-corrected chi connectivity index (χ1v) is 21.5. The topological polar surface area (TPSA) is 58.9 Å². The molecule has 0 heterocycles. The minimum Gasteiger partial charge on any atom is -0.507 e. The number of phenols is 2. The predicted molar refractivity (Wildman–Crippen MR) is 256 cm³/mol. The van der Waals surface area contributed by atoms with Crippen LogP contribution in [0.2, 0.25) is 0 Å². The lowest BCUT2D eigenvalue weighted by Gasteiger charge is -2.24. The molecule has 0 aliphatic rings. The maximum Gasteiger partial charge on any atom is 0.125 e. The first kappa shape index (κ1) is 48.9. The molecule has 6 rings (SSSR count). The fourth-order valence-corrected chi connectivity index (χ4v) is 7.34. The number of aryl methyl sites for hydroxylation is 4. The largest absolute Gasteiger partial charge is 0.507 e. The second-order valence-electron chi connectivity index (χ2n) is 17.4. The second kappa shape index (κ2) is 22.8. The second-order valence-corrected chi connectivity index (χ2v) is 17.4. The summed E-state index contributed by atoms with van der Waals surface area (Å²) in [5.74, 6) is 2.33. The molecule has 0 fully saturated rings. The summed E-state index contributed by atoms with van der Waals surface area (Å²) in [6.07, 6.45) is 2.38.